The Hall–Kier alpha value is -1.58. The third kappa shape index (κ3) is 3.55. The smallest absolute Gasteiger partial charge is 0.274 e. The number of halogens is 1. The fraction of sp³-hybridized carbons (Fsp3) is 0.455. The Morgan fingerprint density at radius 2 is 2.19 bits per heavy atom. The fourth-order valence-electron chi connectivity index (χ4n) is 1.92. The van der Waals surface area contributed by atoms with E-state index in [-0.39, 0.29) is 17.6 Å². The molecule has 1 saturated heterocycles. The quantitative estimate of drug-likeness (QED) is 0.457. The zero-order valence-electron chi connectivity index (χ0n) is 10.9. The van der Waals surface area contributed by atoms with Crippen LogP contribution < -0.4 is 9.47 Å². The first-order chi connectivity index (χ1) is 9.82. The summed E-state index contributed by atoms with van der Waals surface area (Å²) in [6.45, 7) is 0.817. The van der Waals surface area contributed by atoms with Gasteiger partial charge in [-0.25, -0.2) is 8.42 Å². The van der Waals surface area contributed by atoms with Gasteiger partial charge in [0, 0.05) is 23.2 Å². The van der Waals surface area contributed by atoms with E-state index in [1.807, 2.05) is 0 Å². The van der Waals surface area contributed by atoms with Crippen molar-refractivity contribution in [3.05, 3.63) is 22.2 Å². The zero-order chi connectivity index (χ0) is 15.6. The van der Waals surface area contributed by atoms with E-state index < -0.39 is 24.6 Å². The van der Waals surface area contributed by atoms with E-state index in [9.17, 15) is 18.5 Å². The fourth-order valence-corrected chi connectivity index (χ4v) is 2.93. The van der Waals surface area contributed by atoms with Gasteiger partial charge in [-0.15, -0.1) is 0 Å². The van der Waals surface area contributed by atoms with E-state index in [1.165, 1.54) is 7.11 Å². The van der Waals surface area contributed by atoms with Crippen LogP contribution in [-0.2, 0) is 13.8 Å². The van der Waals surface area contributed by atoms with E-state index in [4.69, 9.17) is 24.9 Å². The Morgan fingerprint density at radius 1 is 1.48 bits per heavy atom. The second-order valence-corrected chi connectivity index (χ2v) is 6.81. The summed E-state index contributed by atoms with van der Waals surface area (Å²) >= 11 is 0. The maximum atomic E-state index is 11.6. The van der Waals surface area contributed by atoms with Crippen molar-refractivity contribution in [2.45, 2.75) is 17.4 Å². The normalized spacial score (nSPS) is 18.5. The van der Waals surface area contributed by atoms with Crippen LogP contribution in [0.25, 0.3) is 0 Å². The van der Waals surface area contributed by atoms with E-state index >= 15 is 0 Å². The molecule has 0 radical (unpaired) electrons. The number of hydrogen-bond acceptors (Lipinski definition) is 7. The molecule has 1 atom stereocenters. The minimum Gasteiger partial charge on any atom is -0.492 e. The molecule has 1 heterocycles. The van der Waals surface area contributed by atoms with E-state index in [0.717, 1.165) is 12.1 Å². The maximum absolute atomic E-state index is 11.6. The molecule has 21 heavy (non-hydrogen) atoms. The summed E-state index contributed by atoms with van der Waals surface area (Å²) in [7, 11) is 2.30. The van der Waals surface area contributed by atoms with Gasteiger partial charge in [0.25, 0.3) is 14.7 Å². The highest BCUT2D eigenvalue weighted by Gasteiger charge is 2.28. The average Bonchev–Trinajstić information content (AvgIpc) is 2.89. The molecule has 0 amide bonds. The minimum atomic E-state index is -4.23. The molecule has 1 unspecified atom stereocenters. The highest BCUT2D eigenvalue weighted by molar-refractivity contribution is 8.13. The number of hydrogen-bond donors (Lipinski definition) is 0. The maximum Gasteiger partial charge on any atom is 0.274 e. The summed E-state index contributed by atoms with van der Waals surface area (Å²) < 4.78 is 38.8. The molecule has 2 rings (SSSR count). The molecule has 1 aliphatic rings. The van der Waals surface area contributed by atoms with Gasteiger partial charge in [0.1, 0.15) is 11.0 Å². The molecule has 1 fully saturated rings. The molecule has 116 valence electrons. The van der Waals surface area contributed by atoms with Crippen LogP contribution in [0.4, 0.5) is 5.69 Å². The largest absolute Gasteiger partial charge is 0.492 e. The van der Waals surface area contributed by atoms with Crippen LogP contribution in [0.2, 0.25) is 0 Å². The van der Waals surface area contributed by atoms with Gasteiger partial charge < -0.3 is 14.2 Å². The number of ether oxygens (including phenoxy) is 3. The molecule has 1 aliphatic heterocycles. The predicted octanol–water partition coefficient (Wildman–Crippen LogP) is 1.70. The number of nitrogens with zero attached hydrogens (tertiary/aromatic N) is 1. The van der Waals surface area contributed by atoms with Crippen molar-refractivity contribution in [1.82, 2.24) is 0 Å². The predicted molar refractivity (Wildman–Crippen MR) is 72.5 cm³/mol. The van der Waals surface area contributed by atoms with Gasteiger partial charge >= 0.3 is 0 Å². The van der Waals surface area contributed by atoms with E-state index in [1.54, 1.807) is 0 Å². The lowest BCUT2D eigenvalue weighted by molar-refractivity contribution is -0.385. The van der Waals surface area contributed by atoms with Gasteiger partial charge in [0.15, 0.2) is 11.5 Å². The van der Waals surface area contributed by atoms with Crippen molar-refractivity contribution in [3.8, 4) is 11.5 Å². The first kappa shape index (κ1) is 15.8. The first-order valence-corrected chi connectivity index (χ1v) is 8.19. The van der Waals surface area contributed by atoms with Crippen molar-refractivity contribution in [3.63, 3.8) is 0 Å². The molecule has 0 saturated carbocycles. The molecule has 0 N–H and O–H groups in total. The number of nitro benzene ring substituents is 1. The van der Waals surface area contributed by atoms with Crippen LogP contribution >= 0.6 is 10.7 Å². The number of non-ortho nitro benzene ring substituents is 1. The number of nitro groups is 1. The third-order valence-electron chi connectivity index (χ3n) is 2.86. The number of methoxy groups -OCH3 is 1. The molecule has 0 aliphatic carbocycles. The van der Waals surface area contributed by atoms with E-state index in [0.29, 0.717) is 19.6 Å². The monoisotopic (exact) mass is 337 g/mol. The SMILES string of the molecule is COc1c(OC2CCOC2)cc([N+](=O)[O-])cc1S(=O)(=O)Cl. The lowest BCUT2D eigenvalue weighted by Gasteiger charge is -2.16. The highest BCUT2D eigenvalue weighted by Crippen LogP contribution is 2.40. The second kappa shape index (κ2) is 6.04. The topological polar surface area (TPSA) is 105 Å². The van der Waals surface area contributed by atoms with Crippen molar-refractivity contribution >= 4 is 25.4 Å². The van der Waals surface area contributed by atoms with Crippen molar-refractivity contribution < 1.29 is 27.6 Å². The van der Waals surface area contributed by atoms with Crippen molar-refractivity contribution in [2.24, 2.45) is 0 Å². The molecule has 0 bridgehead atoms. The summed E-state index contributed by atoms with van der Waals surface area (Å²) in [6, 6.07) is 1.93. The van der Waals surface area contributed by atoms with Gasteiger partial charge in [-0.2, -0.15) is 0 Å². The highest BCUT2D eigenvalue weighted by atomic mass is 35.7. The standard InChI is InChI=1S/C11H12ClNO7S/c1-18-11-9(20-8-2-3-19-6-8)4-7(13(14)15)5-10(11)21(12,16)17/h4-5,8H,2-3,6H2,1H3. The summed E-state index contributed by atoms with van der Waals surface area (Å²) in [5.41, 5.74) is -0.455. The van der Waals surface area contributed by atoms with E-state index in [2.05, 4.69) is 0 Å². The van der Waals surface area contributed by atoms with Crippen LogP contribution in [0, 0.1) is 10.1 Å². The molecular weight excluding hydrogens is 326 g/mol. The number of benzene rings is 1. The molecule has 8 nitrogen and oxygen atoms in total. The molecule has 1 aromatic rings. The van der Waals surface area contributed by atoms with Crippen molar-refractivity contribution in [1.29, 1.82) is 0 Å². The molecule has 0 spiro atoms. The van der Waals surface area contributed by atoms with Gasteiger partial charge in [-0.3, -0.25) is 10.1 Å². The van der Waals surface area contributed by atoms with Gasteiger partial charge in [0.05, 0.1) is 31.3 Å². The van der Waals surface area contributed by atoms with Crippen molar-refractivity contribution in [2.75, 3.05) is 20.3 Å². The Labute approximate surface area is 125 Å². The summed E-state index contributed by atoms with van der Waals surface area (Å²) in [6.07, 6.45) is 0.265. The Bertz CT molecular complexity index is 655. The third-order valence-corrected chi connectivity index (χ3v) is 4.19. The second-order valence-electron chi connectivity index (χ2n) is 4.27. The van der Waals surface area contributed by atoms with Crippen LogP contribution in [0.1, 0.15) is 6.42 Å². The Morgan fingerprint density at radius 3 is 2.67 bits per heavy atom. The van der Waals surface area contributed by atoms with Crippen LogP contribution in [0.15, 0.2) is 17.0 Å². The minimum absolute atomic E-state index is 0.0542. The van der Waals surface area contributed by atoms with Crippen LogP contribution in [0.3, 0.4) is 0 Å². The Balaban J connectivity index is 2.54. The average molecular weight is 338 g/mol. The summed E-state index contributed by atoms with van der Waals surface area (Å²) in [5, 5.41) is 10.9. The molecule has 0 aromatic heterocycles. The molecule has 10 heteroatoms. The molecular formula is C11H12ClNO7S. The van der Waals surface area contributed by atoms with Gasteiger partial charge in [-0.1, -0.05) is 0 Å². The van der Waals surface area contributed by atoms with Crippen LogP contribution in [0.5, 0.6) is 11.5 Å². The Kier molecular flexibility index (Phi) is 4.55. The van der Waals surface area contributed by atoms with Gasteiger partial charge in [0.2, 0.25) is 0 Å². The summed E-state index contributed by atoms with van der Waals surface area (Å²) in [5.74, 6) is -0.219. The van der Waals surface area contributed by atoms with Gasteiger partial charge in [-0.05, 0) is 0 Å². The summed E-state index contributed by atoms with van der Waals surface area (Å²) in [4.78, 5) is 9.68. The molecule has 1 aromatic carbocycles. The first-order valence-electron chi connectivity index (χ1n) is 5.88. The zero-order valence-corrected chi connectivity index (χ0v) is 12.5. The van der Waals surface area contributed by atoms with Crippen LogP contribution in [-0.4, -0.2) is 39.8 Å². The lowest BCUT2D eigenvalue weighted by atomic mass is 10.2. The number of rotatable bonds is 5. The lowest BCUT2D eigenvalue weighted by Crippen LogP contribution is -2.16.